The molecule has 3 nitrogen and oxygen atoms in total. The van der Waals surface area contributed by atoms with Crippen LogP contribution in [0.4, 0.5) is 0 Å². The van der Waals surface area contributed by atoms with E-state index in [2.05, 4.69) is 0 Å². The summed E-state index contributed by atoms with van der Waals surface area (Å²) in [5.41, 5.74) is 7.14. The van der Waals surface area contributed by atoms with Crippen molar-refractivity contribution in [2.75, 3.05) is 0 Å². The molecule has 0 heterocycles. The van der Waals surface area contributed by atoms with E-state index < -0.39 is 12.0 Å². The molecule has 1 atom stereocenters. The molecule has 76 valence electrons. The third-order valence-electron chi connectivity index (χ3n) is 2.10. The topological polar surface area (TPSA) is 52.3 Å². The standard InChI is InChI=1S/C11H15NO2/c1-7-5-4-6-8(2)10(7)14-9(3)11(12)13/h4-6,9H,1-3H3,(H2,12,13)/t9-/m0/s1. The van der Waals surface area contributed by atoms with Crippen LogP contribution in [0.5, 0.6) is 5.75 Å². The molecule has 0 radical (unpaired) electrons. The van der Waals surface area contributed by atoms with Crippen LogP contribution < -0.4 is 10.5 Å². The first kappa shape index (κ1) is 10.6. The van der Waals surface area contributed by atoms with E-state index in [1.165, 1.54) is 0 Å². The monoisotopic (exact) mass is 193 g/mol. The van der Waals surface area contributed by atoms with Crippen molar-refractivity contribution in [2.24, 2.45) is 5.73 Å². The largest absolute Gasteiger partial charge is 0.480 e. The number of nitrogens with two attached hydrogens (primary N) is 1. The Labute approximate surface area is 83.9 Å². The highest BCUT2D eigenvalue weighted by atomic mass is 16.5. The van der Waals surface area contributed by atoms with E-state index in [9.17, 15) is 4.79 Å². The Hall–Kier alpha value is -1.51. The predicted molar refractivity (Wildman–Crippen MR) is 55.2 cm³/mol. The molecular formula is C11H15NO2. The molecule has 0 spiro atoms. The quantitative estimate of drug-likeness (QED) is 0.792. The molecule has 1 rings (SSSR count). The maximum absolute atomic E-state index is 10.8. The Morgan fingerprint density at radius 2 is 1.86 bits per heavy atom. The van der Waals surface area contributed by atoms with E-state index in [4.69, 9.17) is 10.5 Å². The smallest absolute Gasteiger partial charge is 0.258 e. The predicted octanol–water partition coefficient (Wildman–Crippen LogP) is 1.56. The number of ether oxygens (including phenoxy) is 1. The van der Waals surface area contributed by atoms with Gasteiger partial charge >= 0.3 is 0 Å². The van der Waals surface area contributed by atoms with Crippen molar-refractivity contribution in [1.82, 2.24) is 0 Å². The van der Waals surface area contributed by atoms with E-state index in [1.54, 1.807) is 6.92 Å². The lowest BCUT2D eigenvalue weighted by atomic mass is 10.1. The number of benzene rings is 1. The van der Waals surface area contributed by atoms with E-state index in [0.29, 0.717) is 0 Å². The van der Waals surface area contributed by atoms with E-state index in [0.717, 1.165) is 16.9 Å². The van der Waals surface area contributed by atoms with Gasteiger partial charge < -0.3 is 10.5 Å². The Bertz CT molecular complexity index is 327. The summed E-state index contributed by atoms with van der Waals surface area (Å²) >= 11 is 0. The Kier molecular flexibility index (Phi) is 3.12. The first-order valence-electron chi connectivity index (χ1n) is 4.54. The highest BCUT2D eigenvalue weighted by Crippen LogP contribution is 2.23. The zero-order chi connectivity index (χ0) is 10.7. The fraction of sp³-hybridized carbons (Fsp3) is 0.364. The molecule has 0 fully saturated rings. The lowest BCUT2D eigenvalue weighted by Gasteiger charge is -2.15. The lowest BCUT2D eigenvalue weighted by Crippen LogP contribution is -2.31. The van der Waals surface area contributed by atoms with Crippen LogP contribution in [0, 0.1) is 13.8 Å². The number of carbonyl (C=O) groups is 1. The molecule has 0 aliphatic heterocycles. The minimum Gasteiger partial charge on any atom is -0.480 e. The molecule has 0 saturated heterocycles. The van der Waals surface area contributed by atoms with Gasteiger partial charge in [0, 0.05) is 0 Å². The normalized spacial score (nSPS) is 12.2. The van der Waals surface area contributed by atoms with Gasteiger partial charge in [0.25, 0.3) is 5.91 Å². The molecule has 1 aromatic rings. The first-order chi connectivity index (χ1) is 6.52. The van der Waals surface area contributed by atoms with Gasteiger partial charge in [-0.25, -0.2) is 0 Å². The first-order valence-corrected chi connectivity index (χ1v) is 4.54. The average Bonchev–Trinajstić information content (AvgIpc) is 2.11. The Balaban J connectivity index is 2.91. The molecule has 0 aromatic heterocycles. The van der Waals surface area contributed by atoms with Gasteiger partial charge in [-0.05, 0) is 31.9 Å². The van der Waals surface area contributed by atoms with E-state index >= 15 is 0 Å². The van der Waals surface area contributed by atoms with Gasteiger partial charge in [-0.2, -0.15) is 0 Å². The minimum absolute atomic E-state index is 0.451. The summed E-state index contributed by atoms with van der Waals surface area (Å²) in [5.74, 6) is 0.298. The molecule has 2 N–H and O–H groups in total. The van der Waals surface area contributed by atoms with Gasteiger partial charge in [0.1, 0.15) is 5.75 Å². The van der Waals surface area contributed by atoms with Crippen LogP contribution in [-0.4, -0.2) is 12.0 Å². The average molecular weight is 193 g/mol. The van der Waals surface area contributed by atoms with Crippen LogP contribution in [0.25, 0.3) is 0 Å². The van der Waals surface area contributed by atoms with Crippen molar-refractivity contribution in [3.63, 3.8) is 0 Å². The summed E-state index contributed by atoms with van der Waals surface area (Å²) < 4.78 is 5.46. The SMILES string of the molecule is Cc1cccc(C)c1O[C@@H](C)C(N)=O. The van der Waals surface area contributed by atoms with E-state index in [-0.39, 0.29) is 0 Å². The summed E-state index contributed by atoms with van der Waals surface area (Å²) in [4.78, 5) is 10.8. The number of carbonyl (C=O) groups excluding carboxylic acids is 1. The molecule has 1 amide bonds. The van der Waals surface area contributed by atoms with Gasteiger partial charge in [0.2, 0.25) is 0 Å². The van der Waals surface area contributed by atoms with Crippen molar-refractivity contribution < 1.29 is 9.53 Å². The third-order valence-corrected chi connectivity index (χ3v) is 2.10. The minimum atomic E-state index is -0.588. The van der Waals surface area contributed by atoms with Crippen LogP contribution in [0.2, 0.25) is 0 Å². The molecule has 0 bridgehead atoms. The van der Waals surface area contributed by atoms with Crippen LogP contribution in [0.3, 0.4) is 0 Å². The maximum Gasteiger partial charge on any atom is 0.258 e. The van der Waals surface area contributed by atoms with Crippen molar-refractivity contribution in [3.8, 4) is 5.75 Å². The second-order valence-electron chi connectivity index (χ2n) is 3.38. The molecule has 0 aliphatic carbocycles. The molecular weight excluding hydrogens is 178 g/mol. The van der Waals surface area contributed by atoms with Gasteiger partial charge in [-0.1, -0.05) is 18.2 Å². The van der Waals surface area contributed by atoms with Crippen molar-refractivity contribution in [3.05, 3.63) is 29.3 Å². The number of hydrogen-bond donors (Lipinski definition) is 1. The van der Waals surface area contributed by atoms with Crippen LogP contribution in [0.1, 0.15) is 18.1 Å². The highest BCUT2D eigenvalue weighted by molar-refractivity contribution is 5.78. The van der Waals surface area contributed by atoms with Crippen LogP contribution in [-0.2, 0) is 4.79 Å². The molecule has 14 heavy (non-hydrogen) atoms. The lowest BCUT2D eigenvalue weighted by molar-refractivity contribution is -0.124. The summed E-state index contributed by atoms with van der Waals surface area (Å²) in [5, 5.41) is 0. The number of hydrogen-bond acceptors (Lipinski definition) is 2. The molecule has 1 aromatic carbocycles. The van der Waals surface area contributed by atoms with Gasteiger partial charge in [0.15, 0.2) is 6.10 Å². The molecule has 0 saturated carbocycles. The Morgan fingerprint density at radius 1 is 1.36 bits per heavy atom. The summed E-state index contributed by atoms with van der Waals surface area (Å²) in [6, 6.07) is 5.83. The second-order valence-corrected chi connectivity index (χ2v) is 3.38. The van der Waals surface area contributed by atoms with Crippen molar-refractivity contribution in [1.29, 1.82) is 0 Å². The zero-order valence-corrected chi connectivity index (χ0v) is 8.70. The maximum atomic E-state index is 10.8. The number of aryl methyl sites for hydroxylation is 2. The molecule has 0 aliphatic rings. The molecule has 0 unspecified atom stereocenters. The summed E-state index contributed by atoms with van der Waals surface area (Å²) in [7, 11) is 0. The zero-order valence-electron chi connectivity index (χ0n) is 8.70. The fourth-order valence-electron chi connectivity index (χ4n) is 1.22. The van der Waals surface area contributed by atoms with Crippen LogP contribution in [0.15, 0.2) is 18.2 Å². The third kappa shape index (κ3) is 2.25. The van der Waals surface area contributed by atoms with Gasteiger partial charge in [-0.15, -0.1) is 0 Å². The van der Waals surface area contributed by atoms with E-state index in [1.807, 2.05) is 32.0 Å². The van der Waals surface area contributed by atoms with Gasteiger partial charge in [-0.3, -0.25) is 4.79 Å². The summed E-state index contributed by atoms with van der Waals surface area (Å²) in [6.07, 6.45) is -0.588. The molecule has 3 heteroatoms. The number of amides is 1. The van der Waals surface area contributed by atoms with Crippen molar-refractivity contribution in [2.45, 2.75) is 26.9 Å². The second kappa shape index (κ2) is 4.13. The number of rotatable bonds is 3. The summed E-state index contributed by atoms with van der Waals surface area (Å²) in [6.45, 7) is 5.53. The van der Waals surface area contributed by atoms with Crippen LogP contribution >= 0.6 is 0 Å². The van der Waals surface area contributed by atoms with Crippen molar-refractivity contribution >= 4 is 5.91 Å². The highest BCUT2D eigenvalue weighted by Gasteiger charge is 2.12. The fourth-order valence-corrected chi connectivity index (χ4v) is 1.22. The Morgan fingerprint density at radius 3 is 2.29 bits per heavy atom. The van der Waals surface area contributed by atoms with Gasteiger partial charge in [0.05, 0.1) is 0 Å². The number of para-hydroxylation sites is 1. The number of primary amides is 1.